The van der Waals surface area contributed by atoms with Crippen LogP contribution in [-0.4, -0.2) is 27.9 Å². The number of rotatable bonds is 4. The predicted molar refractivity (Wildman–Crippen MR) is 99.6 cm³/mol. The molecule has 0 bridgehead atoms. The smallest absolute Gasteiger partial charge is 0.318 e. The van der Waals surface area contributed by atoms with Crippen molar-refractivity contribution in [1.82, 2.24) is 9.55 Å². The van der Waals surface area contributed by atoms with E-state index in [1.807, 2.05) is 0 Å². The largest absolute Gasteiger partial charge is 0.468 e. The Labute approximate surface area is 157 Å². The Kier molecular flexibility index (Phi) is 5.29. The van der Waals surface area contributed by atoms with Gasteiger partial charge < -0.3 is 4.74 Å². The van der Waals surface area contributed by atoms with Crippen molar-refractivity contribution in [1.29, 1.82) is 0 Å². The third-order valence-electron chi connectivity index (χ3n) is 3.72. The molecule has 3 aromatic rings. The quantitative estimate of drug-likeness (QED) is 0.383. The van der Waals surface area contributed by atoms with Gasteiger partial charge in [0.25, 0.3) is 5.56 Å². The summed E-state index contributed by atoms with van der Waals surface area (Å²) in [5, 5.41) is -0.00736. The van der Waals surface area contributed by atoms with Gasteiger partial charge in [-0.15, -0.1) is 0 Å². The number of hydrogen-bond donors (Lipinski definition) is 0. The van der Waals surface area contributed by atoms with Gasteiger partial charge in [0, 0.05) is 0 Å². The molecular formula is C18H14ClFN2O3S. The lowest BCUT2D eigenvalue weighted by Crippen LogP contribution is -2.24. The van der Waals surface area contributed by atoms with Gasteiger partial charge in [-0.1, -0.05) is 35.5 Å². The molecule has 1 heterocycles. The van der Waals surface area contributed by atoms with Crippen LogP contribution in [0.15, 0.2) is 52.4 Å². The molecule has 2 aromatic carbocycles. The van der Waals surface area contributed by atoms with Crippen molar-refractivity contribution in [3.8, 4) is 5.69 Å². The van der Waals surface area contributed by atoms with Gasteiger partial charge in [-0.25, -0.2) is 9.37 Å². The van der Waals surface area contributed by atoms with Gasteiger partial charge in [-0.05, 0) is 37.3 Å². The molecule has 0 amide bonds. The van der Waals surface area contributed by atoms with Crippen molar-refractivity contribution >= 4 is 40.2 Å². The number of nitrogens with zero attached hydrogens (tertiary/aromatic N) is 2. The molecule has 134 valence electrons. The second kappa shape index (κ2) is 7.47. The number of methoxy groups -OCH3 is 1. The number of benzene rings is 2. The van der Waals surface area contributed by atoms with E-state index in [0.717, 1.165) is 11.8 Å². The van der Waals surface area contributed by atoms with Gasteiger partial charge in [0.1, 0.15) is 11.1 Å². The number of thioether (sulfide) groups is 1. The van der Waals surface area contributed by atoms with E-state index in [9.17, 15) is 14.0 Å². The molecule has 0 aliphatic heterocycles. The summed E-state index contributed by atoms with van der Waals surface area (Å²) in [6.45, 7) is 1.65. The van der Waals surface area contributed by atoms with Crippen LogP contribution in [0.2, 0.25) is 5.02 Å². The van der Waals surface area contributed by atoms with Gasteiger partial charge in [0.2, 0.25) is 0 Å². The molecule has 0 N–H and O–H groups in total. The van der Waals surface area contributed by atoms with E-state index in [1.165, 1.54) is 29.9 Å². The molecule has 0 saturated carbocycles. The van der Waals surface area contributed by atoms with Gasteiger partial charge in [0.15, 0.2) is 5.16 Å². The molecule has 0 unspecified atom stereocenters. The molecule has 1 aromatic heterocycles. The number of halogens is 2. The Hall–Kier alpha value is -2.38. The van der Waals surface area contributed by atoms with Crippen molar-refractivity contribution in [2.75, 3.05) is 7.11 Å². The summed E-state index contributed by atoms with van der Waals surface area (Å²) < 4.78 is 19.6. The Morgan fingerprint density at radius 1 is 1.31 bits per heavy atom. The summed E-state index contributed by atoms with van der Waals surface area (Å²) in [7, 11) is 1.29. The average molecular weight is 393 g/mol. The summed E-state index contributed by atoms with van der Waals surface area (Å²) in [5.74, 6) is -1.03. The van der Waals surface area contributed by atoms with Crippen LogP contribution in [0.1, 0.15) is 6.92 Å². The number of aromatic nitrogens is 2. The molecule has 0 aliphatic rings. The second-order valence-electron chi connectivity index (χ2n) is 5.43. The number of esters is 1. The van der Waals surface area contributed by atoms with Crippen molar-refractivity contribution in [2.45, 2.75) is 17.3 Å². The minimum absolute atomic E-state index is 0.112. The molecule has 3 rings (SSSR count). The number of ether oxygens (including phenoxy) is 1. The minimum Gasteiger partial charge on any atom is -0.468 e. The monoisotopic (exact) mass is 392 g/mol. The lowest BCUT2D eigenvalue weighted by atomic mass is 10.2. The predicted octanol–water partition coefficient (Wildman–Crippen LogP) is 3.83. The molecular weight excluding hydrogens is 379 g/mol. The van der Waals surface area contributed by atoms with Gasteiger partial charge in [-0.2, -0.15) is 0 Å². The fourth-order valence-corrected chi connectivity index (χ4v) is 3.54. The molecule has 0 fully saturated rings. The SMILES string of the molecule is COC(=O)[C@H](C)Sc1nc2ccccc2c(=O)n1-c1ccc(F)c(Cl)c1. The van der Waals surface area contributed by atoms with Crippen LogP contribution in [0, 0.1) is 5.82 Å². The van der Waals surface area contributed by atoms with Crippen molar-refractivity contribution < 1.29 is 13.9 Å². The van der Waals surface area contributed by atoms with E-state index in [2.05, 4.69) is 4.98 Å². The highest BCUT2D eigenvalue weighted by molar-refractivity contribution is 8.00. The van der Waals surface area contributed by atoms with E-state index in [-0.39, 0.29) is 15.7 Å². The van der Waals surface area contributed by atoms with E-state index in [0.29, 0.717) is 16.6 Å². The first kappa shape index (κ1) is 18.4. The first-order chi connectivity index (χ1) is 12.4. The van der Waals surface area contributed by atoms with Crippen LogP contribution in [0.3, 0.4) is 0 Å². The first-order valence-corrected chi connectivity index (χ1v) is 8.90. The van der Waals surface area contributed by atoms with E-state index >= 15 is 0 Å². The molecule has 0 aliphatic carbocycles. The fraction of sp³-hybridized carbons (Fsp3) is 0.167. The van der Waals surface area contributed by atoms with Crippen molar-refractivity contribution in [3.63, 3.8) is 0 Å². The highest BCUT2D eigenvalue weighted by Gasteiger charge is 2.21. The number of para-hydroxylation sites is 1. The minimum atomic E-state index is -0.589. The Balaban J connectivity index is 2.25. The summed E-state index contributed by atoms with van der Waals surface area (Å²) in [6, 6.07) is 10.8. The van der Waals surface area contributed by atoms with Gasteiger partial charge in [0.05, 0.1) is 28.7 Å². The lowest BCUT2D eigenvalue weighted by Gasteiger charge is -2.15. The normalized spacial score (nSPS) is 12.2. The second-order valence-corrected chi connectivity index (χ2v) is 7.15. The van der Waals surface area contributed by atoms with Crippen molar-refractivity contribution in [2.24, 2.45) is 0 Å². The molecule has 26 heavy (non-hydrogen) atoms. The molecule has 1 atom stereocenters. The van der Waals surface area contributed by atoms with Crippen LogP contribution in [0.5, 0.6) is 0 Å². The summed E-state index contributed by atoms with van der Waals surface area (Å²) >= 11 is 6.95. The molecule has 0 radical (unpaired) electrons. The molecule has 5 nitrogen and oxygen atoms in total. The van der Waals surface area contributed by atoms with Crippen LogP contribution in [0.4, 0.5) is 4.39 Å². The number of fused-ring (bicyclic) bond motifs is 1. The third-order valence-corrected chi connectivity index (χ3v) is 5.04. The Morgan fingerprint density at radius 2 is 2.04 bits per heavy atom. The van der Waals surface area contributed by atoms with E-state index in [4.69, 9.17) is 16.3 Å². The van der Waals surface area contributed by atoms with Crippen LogP contribution >= 0.6 is 23.4 Å². The standard InChI is InChI=1S/C18H14ClFN2O3S/c1-10(17(24)25-2)26-18-21-15-6-4-3-5-12(15)16(23)22(18)11-7-8-14(20)13(19)9-11/h3-10H,1-2H3/t10-/m0/s1. The van der Waals surface area contributed by atoms with Gasteiger partial charge in [-0.3, -0.25) is 14.2 Å². The summed E-state index contributed by atoms with van der Waals surface area (Å²) in [6.07, 6.45) is 0. The number of carbonyl (C=O) groups is 1. The molecule has 8 heteroatoms. The lowest BCUT2D eigenvalue weighted by molar-refractivity contribution is -0.139. The van der Waals surface area contributed by atoms with Crippen LogP contribution in [-0.2, 0) is 9.53 Å². The highest BCUT2D eigenvalue weighted by atomic mass is 35.5. The van der Waals surface area contributed by atoms with E-state index < -0.39 is 17.0 Å². The zero-order valence-corrected chi connectivity index (χ0v) is 15.5. The zero-order valence-electron chi connectivity index (χ0n) is 13.9. The maximum atomic E-state index is 13.5. The highest BCUT2D eigenvalue weighted by Crippen LogP contribution is 2.27. The van der Waals surface area contributed by atoms with E-state index in [1.54, 1.807) is 31.2 Å². The molecule has 0 saturated heterocycles. The number of carbonyl (C=O) groups excluding carboxylic acids is 1. The summed E-state index contributed by atoms with van der Waals surface area (Å²) in [4.78, 5) is 29.3. The van der Waals surface area contributed by atoms with Crippen molar-refractivity contribution in [3.05, 3.63) is 63.7 Å². The maximum Gasteiger partial charge on any atom is 0.318 e. The fourth-order valence-electron chi connectivity index (χ4n) is 2.42. The van der Waals surface area contributed by atoms with Crippen LogP contribution < -0.4 is 5.56 Å². The maximum absolute atomic E-state index is 13.5. The Bertz CT molecular complexity index is 1050. The number of hydrogen-bond acceptors (Lipinski definition) is 5. The third kappa shape index (κ3) is 3.45. The first-order valence-electron chi connectivity index (χ1n) is 7.64. The van der Waals surface area contributed by atoms with Crippen LogP contribution in [0.25, 0.3) is 16.6 Å². The topological polar surface area (TPSA) is 61.2 Å². The summed E-state index contributed by atoms with van der Waals surface area (Å²) in [5.41, 5.74) is 0.526. The average Bonchev–Trinajstić information content (AvgIpc) is 2.64. The molecule has 0 spiro atoms. The zero-order chi connectivity index (χ0) is 18.8. The van der Waals surface area contributed by atoms with Gasteiger partial charge >= 0.3 is 5.97 Å². The Morgan fingerprint density at radius 3 is 2.73 bits per heavy atom.